The molecule has 1 saturated carbocycles. The lowest BCUT2D eigenvalue weighted by Gasteiger charge is -2.22. The van der Waals surface area contributed by atoms with Crippen molar-refractivity contribution < 1.29 is 4.79 Å². The van der Waals surface area contributed by atoms with E-state index in [-0.39, 0.29) is 17.5 Å². The molecule has 2 N–H and O–H groups in total. The van der Waals surface area contributed by atoms with E-state index in [1.165, 1.54) is 12.6 Å². The second-order valence-electron chi connectivity index (χ2n) is 5.34. The zero-order chi connectivity index (χ0) is 14.9. The van der Waals surface area contributed by atoms with Crippen molar-refractivity contribution in [3.63, 3.8) is 0 Å². The summed E-state index contributed by atoms with van der Waals surface area (Å²) < 4.78 is 0. The van der Waals surface area contributed by atoms with Crippen molar-refractivity contribution in [2.75, 3.05) is 0 Å². The zero-order valence-corrected chi connectivity index (χ0v) is 12.1. The molecule has 0 heterocycles. The Morgan fingerprint density at radius 2 is 1.95 bits per heavy atom. The molecule has 0 unspecified atom stereocenters. The van der Waals surface area contributed by atoms with Gasteiger partial charge >= 0.3 is 0 Å². The van der Waals surface area contributed by atoms with E-state index in [0.29, 0.717) is 6.54 Å². The van der Waals surface area contributed by atoms with Crippen LogP contribution in [-0.4, -0.2) is 11.9 Å². The largest absolute Gasteiger partial charge is 0.386 e. The van der Waals surface area contributed by atoms with Crippen molar-refractivity contribution in [2.45, 2.75) is 44.7 Å². The molecule has 0 aromatic heterocycles. The Morgan fingerprint density at radius 1 is 1.24 bits per heavy atom. The van der Waals surface area contributed by atoms with Crippen molar-refractivity contribution in [2.24, 2.45) is 0 Å². The van der Waals surface area contributed by atoms with Gasteiger partial charge in [-0.25, -0.2) is 0 Å². The number of carbonyl (C=O) groups excluding carboxylic acids is 1. The predicted octanol–water partition coefficient (Wildman–Crippen LogP) is 2.63. The van der Waals surface area contributed by atoms with Crippen molar-refractivity contribution >= 4 is 5.91 Å². The molecule has 1 fully saturated rings. The molecule has 21 heavy (non-hydrogen) atoms. The highest BCUT2D eigenvalue weighted by Crippen LogP contribution is 2.17. The highest BCUT2D eigenvalue weighted by Gasteiger charge is 2.17. The first-order chi connectivity index (χ1) is 10.3. The van der Waals surface area contributed by atoms with E-state index in [1.54, 1.807) is 0 Å². The van der Waals surface area contributed by atoms with E-state index in [4.69, 9.17) is 5.26 Å². The first kappa shape index (κ1) is 15.1. The maximum Gasteiger partial charge on any atom is 0.263 e. The summed E-state index contributed by atoms with van der Waals surface area (Å²) in [5, 5.41) is 15.1. The SMILES string of the molecule is N#C/C(=C/NCc1ccccc1)C(=O)NC1CCCCC1. The average Bonchev–Trinajstić information content (AvgIpc) is 2.53. The van der Waals surface area contributed by atoms with Crippen LogP contribution in [0.4, 0.5) is 0 Å². The Balaban J connectivity index is 1.84. The van der Waals surface area contributed by atoms with Crippen molar-refractivity contribution in [1.82, 2.24) is 10.6 Å². The summed E-state index contributed by atoms with van der Waals surface area (Å²) in [5.74, 6) is -0.273. The smallest absolute Gasteiger partial charge is 0.263 e. The molecule has 4 heteroatoms. The second kappa shape index (κ2) is 8.11. The minimum absolute atomic E-state index is 0.136. The van der Waals surface area contributed by atoms with Crippen LogP contribution in [0.25, 0.3) is 0 Å². The Hall–Kier alpha value is -2.28. The van der Waals surface area contributed by atoms with Crippen LogP contribution in [0.1, 0.15) is 37.7 Å². The fourth-order valence-corrected chi connectivity index (χ4v) is 2.53. The lowest BCUT2D eigenvalue weighted by molar-refractivity contribution is -0.118. The molecule has 0 saturated heterocycles. The van der Waals surface area contributed by atoms with E-state index in [9.17, 15) is 4.79 Å². The minimum Gasteiger partial charge on any atom is -0.386 e. The van der Waals surface area contributed by atoms with Gasteiger partial charge in [-0.05, 0) is 18.4 Å². The Kier molecular flexibility index (Phi) is 5.83. The van der Waals surface area contributed by atoms with Crippen LogP contribution in [0.5, 0.6) is 0 Å². The first-order valence-corrected chi connectivity index (χ1v) is 7.48. The molecule has 0 atom stereocenters. The molecule has 0 spiro atoms. The number of amides is 1. The third-order valence-electron chi connectivity index (χ3n) is 3.70. The van der Waals surface area contributed by atoms with E-state index >= 15 is 0 Å². The third-order valence-corrected chi connectivity index (χ3v) is 3.70. The second-order valence-corrected chi connectivity index (χ2v) is 5.34. The fraction of sp³-hybridized carbons (Fsp3) is 0.412. The maximum atomic E-state index is 12.0. The average molecular weight is 283 g/mol. The zero-order valence-electron chi connectivity index (χ0n) is 12.1. The van der Waals surface area contributed by atoms with Crippen LogP contribution in [-0.2, 0) is 11.3 Å². The molecular weight excluding hydrogens is 262 g/mol. The van der Waals surface area contributed by atoms with Gasteiger partial charge in [-0.3, -0.25) is 4.79 Å². The predicted molar refractivity (Wildman–Crippen MR) is 82.0 cm³/mol. The van der Waals surface area contributed by atoms with Crippen LogP contribution in [0.15, 0.2) is 42.1 Å². The molecule has 4 nitrogen and oxygen atoms in total. The monoisotopic (exact) mass is 283 g/mol. The van der Waals surface area contributed by atoms with Gasteiger partial charge in [-0.2, -0.15) is 5.26 Å². The third kappa shape index (κ3) is 4.96. The molecular formula is C17H21N3O. The maximum absolute atomic E-state index is 12.0. The quantitative estimate of drug-likeness (QED) is 0.645. The van der Waals surface area contributed by atoms with Gasteiger partial charge in [-0.15, -0.1) is 0 Å². The minimum atomic E-state index is -0.273. The van der Waals surface area contributed by atoms with Crippen molar-refractivity contribution in [3.05, 3.63) is 47.7 Å². The van der Waals surface area contributed by atoms with Gasteiger partial charge in [-0.1, -0.05) is 49.6 Å². The Morgan fingerprint density at radius 3 is 2.62 bits per heavy atom. The number of nitrogens with zero attached hydrogens (tertiary/aromatic N) is 1. The van der Waals surface area contributed by atoms with E-state index in [2.05, 4.69) is 10.6 Å². The number of nitrogens with one attached hydrogen (secondary N) is 2. The number of carbonyl (C=O) groups is 1. The van der Waals surface area contributed by atoms with Gasteiger partial charge in [0.1, 0.15) is 11.6 Å². The topological polar surface area (TPSA) is 64.9 Å². The van der Waals surface area contributed by atoms with Crippen LogP contribution in [0.2, 0.25) is 0 Å². The summed E-state index contributed by atoms with van der Waals surface area (Å²) in [6.07, 6.45) is 7.09. The lowest BCUT2D eigenvalue weighted by atomic mass is 9.95. The van der Waals surface area contributed by atoms with E-state index < -0.39 is 0 Å². The van der Waals surface area contributed by atoms with E-state index in [0.717, 1.165) is 31.2 Å². The summed E-state index contributed by atoms with van der Waals surface area (Å²) in [4.78, 5) is 12.0. The van der Waals surface area contributed by atoms with Gasteiger partial charge in [0.2, 0.25) is 0 Å². The molecule has 2 rings (SSSR count). The standard InChI is InChI=1S/C17H21N3O/c18-11-15(13-19-12-14-7-3-1-4-8-14)17(21)20-16-9-5-2-6-10-16/h1,3-4,7-8,13,16,19H,2,5-6,9-10,12H2,(H,20,21)/b15-13-. The van der Waals surface area contributed by atoms with Crippen molar-refractivity contribution in [1.29, 1.82) is 5.26 Å². The molecule has 110 valence electrons. The van der Waals surface area contributed by atoms with E-state index in [1.807, 2.05) is 36.4 Å². The molecule has 1 aromatic carbocycles. The lowest BCUT2D eigenvalue weighted by Crippen LogP contribution is -2.37. The highest BCUT2D eigenvalue weighted by molar-refractivity contribution is 5.97. The normalized spacial score (nSPS) is 16.0. The Labute approximate surface area is 125 Å². The van der Waals surface area contributed by atoms with Crippen molar-refractivity contribution in [3.8, 4) is 6.07 Å². The molecule has 0 radical (unpaired) electrons. The molecule has 0 aliphatic heterocycles. The highest BCUT2D eigenvalue weighted by atomic mass is 16.1. The molecule has 1 amide bonds. The fourth-order valence-electron chi connectivity index (χ4n) is 2.53. The summed E-state index contributed by atoms with van der Waals surface area (Å²) in [7, 11) is 0. The first-order valence-electron chi connectivity index (χ1n) is 7.48. The van der Waals surface area contributed by atoms with Gasteiger partial charge in [0.15, 0.2) is 0 Å². The summed E-state index contributed by atoms with van der Waals surface area (Å²) in [6.45, 7) is 0.600. The number of benzene rings is 1. The summed E-state index contributed by atoms with van der Waals surface area (Å²) in [5.41, 5.74) is 1.25. The van der Waals surface area contributed by atoms with Gasteiger partial charge in [0.25, 0.3) is 5.91 Å². The van der Waals surface area contributed by atoms with Crippen LogP contribution >= 0.6 is 0 Å². The van der Waals surface area contributed by atoms with Crippen LogP contribution in [0.3, 0.4) is 0 Å². The number of nitriles is 1. The molecule has 1 aliphatic rings. The summed E-state index contributed by atoms with van der Waals surface area (Å²) >= 11 is 0. The van der Waals surface area contributed by atoms with Gasteiger partial charge in [0, 0.05) is 18.8 Å². The summed E-state index contributed by atoms with van der Waals surface area (Å²) in [6, 6.07) is 12.0. The van der Waals surface area contributed by atoms with Gasteiger partial charge in [0.05, 0.1) is 0 Å². The number of hydrogen-bond acceptors (Lipinski definition) is 3. The molecule has 1 aliphatic carbocycles. The number of hydrogen-bond donors (Lipinski definition) is 2. The molecule has 1 aromatic rings. The van der Waals surface area contributed by atoms with Crippen LogP contribution < -0.4 is 10.6 Å². The van der Waals surface area contributed by atoms with Crippen LogP contribution in [0, 0.1) is 11.3 Å². The Bertz CT molecular complexity index is 525. The van der Waals surface area contributed by atoms with Gasteiger partial charge < -0.3 is 10.6 Å². The number of rotatable bonds is 5. The molecule has 0 bridgehead atoms.